The van der Waals surface area contributed by atoms with Crippen LogP contribution in [0.2, 0.25) is 5.15 Å². The number of aryl methyl sites for hydroxylation is 2. The zero-order valence-corrected chi connectivity index (χ0v) is 11.1. The van der Waals surface area contributed by atoms with Crippen molar-refractivity contribution in [3.05, 3.63) is 27.5 Å². The molecule has 0 saturated heterocycles. The number of halogens is 1. The molecule has 0 unspecified atom stereocenters. The molecule has 1 aliphatic rings. The maximum absolute atomic E-state index is 6.23. The predicted molar refractivity (Wildman–Crippen MR) is 69.5 cm³/mol. The minimum Gasteiger partial charge on any atom is -0.238 e. The summed E-state index contributed by atoms with van der Waals surface area (Å²) in [5.41, 5.74) is 3.25. The molecule has 0 spiro atoms. The molecule has 17 heavy (non-hydrogen) atoms. The van der Waals surface area contributed by atoms with E-state index in [0.29, 0.717) is 11.0 Å². The zero-order chi connectivity index (χ0) is 11.8. The average molecular weight is 266 g/mol. The van der Waals surface area contributed by atoms with Gasteiger partial charge in [0.05, 0.1) is 0 Å². The van der Waals surface area contributed by atoms with Crippen molar-refractivity contribution in [1.29, 1.82) is 0 Å². The van der Waals surface area contributed by atoms with E-state index in [-0.39, 0.29) is 0 Å². The van der Waals surface area contributed by atoms with Crippen molar-refractivity contribution in [3.63, 3.8) is 0 Å². The highest BCUT2D eigenvalue weighted by atomic mass is 35.5. The van der Waals surface area contributed by atoms with Crippen LogP contribution in [0.15, 0.2) is 5.38 Å². The van der Waals surface area contributed by atoms with Gasteiger partial charge in [-0.2, -0.15) is 0 Å². The molecular formula is C12H12ClN3S. The quantitative estimate of drug-likeness (QED) is 0.742. The molecule has 3 nitrogen and oxygen atoms in total. The standard InChI is InChI=1S/C12H12ClN3S/c1-7-6-17-12(14-7)11-15-9-5-3-2-4-8(9)10(13)16-11/h6H,2-5H2,1H3. The first-order valence-corrected chi connectivity index (χ1v) is 6.97. The van der Waals surface area contributed by atoms with Crippen LogP contribution in [0.1, 0.15) is 29.8 Å². The summed E-state index contributed by atoms with van der Waals surface area (Å²) in [4.78, 5) is 13.4. The normalized spacial score (nSPS) is 14.7. The van der Waals surface area contributed by atoms with E-state index in [0.717, 1.165) is 34.8 Å². The monoisotopic (exact) mass is 265 g/mol. The van der Waals surface area contributed by atoms with Crippen LogP contribution < -0.4 is 0 Å². The van der Waals surface area contributed by atoms with Gasteiger partial charge in [-0.3, -0.25) is 0 Å². The zero-order valence-electron chi connectivity index (χ0n) is 9.53. The fourth-order valence-corrected chi connectivity index (χ4v) is 3.11. The average Bonchev–Trinajstić information content (AvgIpc) is 2.76. The molecule has 0 saturated carbocycles. The lowest BCUT2D eigenvalue weighted by atomic mass is 9.97. The van der Waals surface area contributed by atoms with Gasteiger partial charge in [0.25, 0.3) is 0 Å². The van der Waals surface area contributed by atoms with Gasteiger partial charge < -0.3 is 0 Å². The van der Waals surface area contributed by atoms with Crippen LogP contribution in [-0.2, 0) is 12.8 Å². The molecular weight excluding hydrogens is 254 g/mol. The second-order valence-corrected chi connectivity index (χ2v) is 5.48. The van der Waals surface area contributed by atoms with Crippen molar-refractivity contribution in [1.82, 2.24) is 15.0 Å². The van der Waals surface area contributed by atoms with Crippen molar-refractivity contribution in [2.75, 3.05) is 0 Å². The molecule has 3 rings (SSSR count). The van der Waals surface area contributed by atoms with Gasteiger partial charge in [0.1, 0.15) is 5.15 Å². The highest BCUT2D eigenvalue weighted by Crippen LogP contribution is 2.29. The third kappa shape index (κ3) is 2.07. The van der Waals surface area contributed by atoms with Gasteiger partial charge in [0.15, 0.2) is 10.8 Å². The fourth-order valence-electron chi connectivity index (χ4n) is 2.10. The van der Waals surface area contributed by atoms with Gasteiger partial charge in [-0.1, -0.05) is 11.6 Å². The van der Waals surface area contributed by atoms with E-state index in [2.05, 4.69) is 15.0 Å². The van der Waals surface area contributed by atoms with Crippen LogP contribution in [0.5, 0.6) is 0 Å². The van der Waals surface area contributed by atoms with Crippen molar-refractivity contribution >= 4 is 22.9 Å². The summed E-state index contributed by atoms with van der Waals surface area (Å²) in [6, 6.07) is 0. The molecule has 88 valence electrons. The summed E-state index contributed by atoms with van der Waals surface area (Å²) in [5.74, 6) is 0.675. The third-order valence-corrected chi connectivity index (χ3v) is 4.21. The molecule has 0 aliphatic heterocycles. The smallest absolute Gasteiger partial charge is 0.190 e. The fraction of sp³-hybridized carbons (Fsp3) is 0.417. The van der Waals surface area contributed by atoms with Gasteiger partial charge in [0.2, 0.25) is 0 Å². The summed E-state index contributed by atoms with van der Waals surface area (Å²) in [5, 5.41) is 3.47. The van der Waals surface area contributed by atoms with E-state index in [1.165, 1.54) is 12.8 Å². The Bertz CT molecular complexity index is 565. The lowest BCUT2D eigenvalue weighted by molar-refractivity contribution is 0.663. The summed E-state index contributed by atoms with van der Waals surface area (Å²) in [7, 11) is 0. The van der Waals surface area contributed by atoms with Crippen molar-refractivity contribution < 1.29 is 0 Å². The Morgan fingerprint density at radius 1 is 1.18 bits per heavy atom. The van der Waals surface area contributed by atoms with E-state index in [4.69, 9.17) is 11.6 Å². The largest absolute Gasteiger partial charge is 0.238 e. The molecule has 1 aliphatic carbocycles. The molecule has 0 aromatic carbocycles. The molecule has 0 bridgehead atoms. The van der Waals surface area contributed by atoms with Crippen LogP contribution in [-0.4, -0.2) is 15.0 Å². The summed E-state index contributed by atoms with van der Waals surface area (Å²) in [6.45, 7) is 1.97. The Hall–Kier alpha value is -1.00. The Kier molecular flexibility index (Phi) is 2.84. The van der Waals surface area contributed by atoms with Crippen LogP contribution >= 0.6 is 22.9 Å². The number of aromatic nitrogens is 3. The molecule has 0 fully saturated rings. The number of fused-ring (bicyclic) bond motifs is 1. The lowest BCUT2D eigenvalue weighted by Gasteiger charge is -2.15. The second-order valence-electron chi connectivity index (χ2n) is 4.26. The molecule has 2 heterocycles. The van der Waals surface area contributed by atoms with Gasteiger partial charge in [-0.15, -0.1) is 11.3 Å². The highest BCUT2D eigenvalue weighted by Gasteiger charge is 2.18. The van der Waals surface area contributed by atoms with Gasteiger partial charge >= 0.3 is 0 Å². The van der Waals surface area contributed by atoms with Gasteiger partial charge in [-0.05, 0) is 32.6 Å². The Labute approximate surface area is 109 Å². The molecule has 2 aromatic rings. The van der Waals surface area contributed by atoms with E-state index >= 15 is 0 Å². The van der Waals surface area contributed by atoms with Crippen molar-refractivity contribution in [2.45, 2.75) is 32.6 Å². The highest BCUT2D eigenvalue weighted by molar-refractivity contribution is 7.13. The maximum Gasteiger partial charge on any atom is 0.190 e. The Morgan fingerprint density at radius 3 is 2.76 bits per heavy atom. The van der Waals surface area contributed by atoms with Gasteiger partial charge in [0, 0.05) is 22.3 Å². The summed E-state index contributed by atoms with van der Waals surface area (Å²) >= 11 is 7.80. The molecule has 0 amide bonds. The van der Waals surface area contributed by atoms with E-state index < -0.39 is 0 Å². The first kappa shape index (κ1) is 11.1. The first-order valence-electron chi connectivity index (χ1n) is 5.72. The predicted octanol–water partition coefficient (Wildman–Crippen LogP) is 3.44. The third-order valence-electron chi connectivity index (χ3n) is 2.94. The Balaban J connectivity index is 2.10. The summed E-state index contributed by atoms with van der Waals surface area (Å²) in [6.07, 6.45) is 4.39. The minimum absolute atomic E-state index is 0.609. The molecule has 0 atom stereocenters. The Morgan fingerprint density at radius 2 is 2.00 bits per heavy atom. The molecule has 0 N–H and O–H groups in total. The number of rotatable bonds is 1. The molecule has 0 radical (unpaired) electrons. The number of nitrogens with zero attached hydrogens (tertiary/aromatic N) is 3. The van der Waals surface area contributed by atoms with Crippen LogP contribution in [0, 0.1) is 6.92 Å². The number of thiazole rings is 1. The number of hydrogen-bond acceptors (Lipinski definition) is 4. The SMILES string of the molecule is Cc1csc(-c2nc(Cl)c3c(n2)CCCC3)n1. The van der Waals surface area contributed by atoms with Crippen LogP contribution in [0.4, 0.5) is 0 Å². The van der Waals surface area contributed by atoms with Gasteiger partial charge in [-0.25, -0.2) is 15.0 Å². The second kappa shape index (κ2) is 4.35. The molecule has 5 heteroatoms. The topological polar surface area (TPSA) is 38.7 Å². The van der Waals surface area contributed by atoms with E-state index in [1.807, 2.05) is 12.3 Å². The lowest BCUT2D eigenvalue weighted by Crippen LogP contribution is -2.08. The van der Waals surface area contributed by atoms with Crippen LogP contribution in [0.25, 0.3) is 10.8 Å². The molecule has 2 aromatic heterocycles. The van der Waals surface area contributed by atoms with Crippen molar-refractivity contribution in [2.24, 2.45) is 0 Å². The first-order chi connectivity index (χ1) is 8.24. The van der Waals surface area contributed by atoms with Crippen molar-refractivity contribution in [3.8, 4) is 10.8 Å². The minimum atomic E-state index is 0.609. The maximum atomic E-state index is 6.23. The van der Waals surface area contributed by atoms with E-state index in [1.54, 1.807) is 11.3 Å². The van der Waals surface area contributed by atoms with E-state index in [9.17, 15) is 0 Å². The number of hydrogen-bond donors (Lipinski definition) is 0. The van der Waals surface area contributed by atoms with Crippen LogP contribution in [0.3, 0.4) is 0 Å². The summed E-state index contributed by atoms with van der Waals surface area (Å²) < 4.78 is 0.